The first-order valence-electron chi connectivity index (χ1n) is 12.2. The number of benzene rings is 2. The number of hydrogen-bond acceptors (Lipinski definition) is 4. The van der Waals surface area contributed by atoms with Crippen LogP contribution in [0.2, 0.25) is 0 Å². The zero-order valence-electron chi connectivity index (χ0n) is 20.7. The van der Waals surface area contributed by atoms with Crippen LogP contribution in [0, 0.1) is 11.8 Å². The predicted octanol–water partition coefficient (Wildman–Crippen LogP) is 6.37. The molecule has 4 rings (SSSR count). The van der Waals surface area contributed by atoms with Crippen LogP contribution in [0.25, 0.3) is 6.08 Å². The first kappa shape index (κ1) is 27.0. The van der Waals surface area contributed by atoms with Gasteiger partial charge in [-0.2, -0.15) is 13.2 Å². The lowest BCUT2D eigenvalue weighted by Crippen LogP contribution is -2.43. The molecule has 1 saturated carbocycles. The highest BCUT2D eigenvalue weighted by molar-refractivity contribution is 7.92. The van der Waals surface area contributed by atoms with Crippen LogP contribution in [0.5, 0.6) is 5.75 Å². The van der Waals surface area contributed by atoms with Gasteiger partial charge >= 0.3 is 12.1 Å². The van der Waals surface area contributed by atoms with Gasteiger partial charge in [0.1, 0.15) is 11.9 Å². The molecule has 1 unspecified atom stereocenters. The van der Waals surface area contributed by atoms with Crippen LogP contribution in [-0.4, -0.2) is 32.1 Å². The number of nitrogens with zero attached hydrogens (tertiary/aromatic N) is 1. The molecular formula is C27H30F3NO5S. The number of allylic oxidation sites excluding steroid dienone is 1. The minimum atomic E-state index is -4.70. The molecule has 0 radical (unpaired) electrons. The van der Waals surface area contributed by atoms with Gasteiger partial charge in [-0.15, -0.1) is 0 Å². The number of halogens is 3. The summed E-state index contributed by atoms with van der Waals surface area (Å²) in [5, 5.41) is 9.08. The smallest absolute Gasteiger partial charge is 0.416 e. The molecular weight excluding hydrogens is 507 g/mol. The van der Waals surface area contributed by atoms with Crippen LogP contribution in [0.1, 0.15) is 57.1 Å². The molecule has 1 aliphatic carbocycles. The molecule has 2 aromatic rings. The number of anilines is 1. The number of carboxylic acid groups (broad SMARTS) is 1. The lowest BCUT2D eigenvalue weighted by Gasteiger charge is -2.35. The molecule has 1 N–H and O–H groups in total. The number of alkyl halides is 3. The van der Waals surface area contributed by atoms with Crippen LogP contribution in [0.15, 0.2) is 52.9 Å². The van der Waals surface area contributed by atoms with E-state index in [1.807, 2.05) is 12.1 Å². The number of rotatable bonds is 6. The molecule has 1 fully saturated rings. The number of sulfonamides is 1. The van der Waals surface area contributed by atoms with E-state index >= 15 is 0 Å². The maximum Gasteiger partial charge on any atom is 0.416 e. The largest absolute Gasteiger partial charge is 0.486 e. The van der Waals surface area contributed by atoms with E-state index in [1.54, 1.807) is 12.1 Å². The number of aliphatic carboxylic acids is 1. The van der Waals surface area contributed by atoms with Gasteiger partial charge in [0.05, 0.1) is 22.7 Å². The van der Waals surface area contributed by atoms with Crippen molar-refractivity contribution in [1.29, 1.82) is 0 Å². The fraction of sp³-hybridized carbons (Fsp3) is 0.444. The molecule has 1 heterocycles. The van der Waals surface area contributed by atoms with Gasteiger partial charge in [0, 0.05) is 6.42 Å². The number of carbonyl (C=O) groups is 1. The van der Waals surface area contributed by atoms with E-state index in [-0.39, 0.29) is 30.8 Å². The fourth-order valence-corrected chi connectivity index (χ4v) is 6.77. The Bertz CT molecular complexity index is 1290. The van der Waals surface area contributed by atoms with Crippen molar-refractivity contribution < 1.29 is 36.2 Å². The normalized spacial score (nSPS) is 23.4. The van der Waals surface area contributed by atoms with E-state index in [1.165, 1.54) is 5.57 Å². The Kier molecular flexibility index (Phi) is 7.60. The highest BCUT2D eigenvalue weighted by Crippen LogP contribution is 2.41. The van der Waals surface area contributed by atoms with Crippen molar-refractivity contribution >= 4 is 27.8 Å². The molecule has 37 heavy (non-hydrogen) atoms. The summed E-state index contributed by atoms with van der Waals surface area (Å²) in [4.78, 5) is 10.6. The van der Waals surface area contributed by atoms with Gasteiger partial charge in [-0.3, -0.25) is 9.10 Å². The van der Waals surface area contributed by atoms with Crippen molar-refractivity contribution in [3.8, 4) is 5.75 Å². The number of ether oxygens (including phenoxy) is 1. The Morgan fingerprint density at radius 1 is 1.14 bits per heavy atom. The summed E-state index contributed by atoms with van der Waals surface area (Å²) in [6.07, 6.45) is -0.583. The maximum absolute atomic E-state index is 13.7. The summed E-state index contributed by atoms with van der Waals surface area (Å²) in [6, 6.07) is 8.74. The van der Waals surface area contributed by atoms with Crippen molar-refractivity contribution in [2.24, 2.45) is 11.8 Å². The summed E-state index contributed by atoms with van der Waals surface area (Å²) in [7, 11) is -4.41. The first-order valence-corrected chi connectivity index (χ1v) is 13.7. The molecule has 1 aliphatic heterocycles. The van der Waals surface area contributed by atoms with Gasteiger partial charge in [0.15, 0.2) is 0 Å². The van der Waals surface area contributed by atoms with Crippen molar-refractivity contribution in [3.63, 3.8) is 0 Å². The number of carboxylic acids is 1. The minimum Gasteiger partial charge on any atom is -0.486 e. The third-order valence-electron chi connectivity index (χ3n) is 6.74. The lowest BCUT2D eigenvalue weighted by atomic mass is 9.80. The van der Waals surface area contributed by atoms with E-state index in [4.69, 9.17) is 9.84 Å². The summed E-state index contributed by atoms with van der Waals surface area (Å²) in [6.45, 7) is 4.18. The minimum absolute atomic E-state index is 0.0466. The molecule has 2 aliphatic rings. The van der Waals surface area contributed by atoms with Crippen LogP contribution < -0.4 is 9.04 Å². The van der Waals surface area contributed by atoms with Crippen LogP contribution in [0.4, 0.5) is 18.9 Å². The average Bonchev–Trinajstić information content (AvgIpc) is 2.81. The van der Waals surface area contributed by atoms with E-state index in [2.05, 4.69) is 13.8 Å². The van der Waals surface area contributed by atoms with Gasteiger partial charge in [-0.1, -0.05) is 37.6 Å². The van der Waals surface area contributed by atoms with Crippen molar-refractivity contribution in [1.82, 2.24) is 0 Å². The van der Waals surface area contributed by atoms with Crippen molar-refractivity contribution in [2.75, 3.05) is 10.8 Å². The molecule has 2 aromatic carbocycles. The number of fused-ring (bicyclic) bond motifs is 1. The van der Waals surface area contributed by atoms with E-state index in [0.717, 1.165) is 47.3 Å². The maximum atomic E-state index is 13.7. The first-order chi connectivity index (χ1) is 17.3. The van der Waals surface area contributed by atoms with E-state index < -0.39 is 38.7 Å². The molecule has 10 heteroatoms. The Balaban J connectivity index is 1.75. The quantitative estimate of drug-likeness (QED) is 0.463. The highest BCUT2D eigenvalue weighted by atomic mass is 32.2. The summed E-state index contributed by atoms with van der Waals surface area (Å²) in [5.41, 5.74) is 1.18. The van der Waals surface area contributed by atoms with Gasteiger partial charge in [0.2, 0.25) is 0 Å². The summed E-state index contributed by atoms with van der Waals surface area (Å²) < 4.78 is 74.3. The molecule has 0 saturated heterocycles. The van der Waals surface area contributed by atoms with Gasteiger partial charge in [-0.05, 0) is 73.4 Å². The van der Waals surface area contributed by atoms with E-state index in [0.29, 0.717) is 17.9 Å². The standard InChI is InChI=1S/C27H30F3NO5S/c1-17-10-18(2)12-20(11-17)13-19-6-8-25-24(14-19)31(16-22(36-25)7-9-26(32)33)37(34,35)23-5-3-4-21(15-23)27(28,29)30/h3-6,8,13-15,17-18,22H,7,9-12,16H2,1-2H3,(H,32,33)/t17-,18?,22+/m1/s1. The van der Waals surface area contributed by atoms with Crippen LogP contribution in [-0.2, 0) is 21.0 Å². The molecule has 0 spiro atoms. The van der Waals surface area contributed by atoms with Gasteiger partial charge < -0.3 is 9.84 Å². The molecule has 6 nitrogen and oxygen atoms in total. The zero-order chi connectivity index (χ0) is 27.0. The molecule has 0 aromatic heterocycles. The third-order valence-corrected chi connectivity index (χ3v) is 8.52. The van der Waals surface area contributed by atoms with Crippen molar-refractivity contribution in [3.05, 3.63) is 59.2 Å². The highest BCUT2D eigenvalue weighted by Gasteiger charge is 2.37. The van der Waals surface area contributed by atoms with E-state index in [9.17, 15) is 26.4 Å². The SMILES string of the molecule is CC1CC(=Cc2ccc3c(c2)N(S(=O)(=O)c2cccc(C(F)(F)F)c2)C[C@H](CCC(=O)O)O3)C[C@H](C)C1. The fourth-order valence-electron chi connectivity index (χ4n) is 5.23. The van der Waals surface area contributed by atoms with Crippen LogP contribution in [0.3, 0.4) is 0 Å². The zero-order valence-corrected chi connectivity index (χ0v) is 21.5. The number of hydrogen-bond donors (Lipinski definition) is 1. The summed E-state index contributed by atoms with van der Waals surface area (Å²) >= 11 is 0. The predicted molar refractivity (Wildman–Crippen MR) is 134 cm³/mol. The topological polar surface area (TPSA) is 83.9 Å². The molecule has 200 valence electrons. The second kappa shape index (κ2) is 10.4. The Hall–Kier alpha value is -3.01. The second-order valence-electron chi connectivity index (χ2n) is 10.1. The summed E-state index contributed by atoms with van der Waals surface area (Å²) in [5.74, 6) is 0.275. The Morgan fingerprint density at radius 2 is 1.84 bits per heavy atom. The Labute approximate surface area is 214 Å². The van der Waals surface area contributed by atoms with Crippen LogP contribution >= 0.6 is 0 Å². The monoisotopic (exact) mass is 537 g/mol. The average molecular weight is 538 g/mol. The van der Waals surface area contributed by atoms with Gasteiger partial charge in [-0.25, -0.2) is 8.42 Å². The molecule has 3 atom stereocenters. The van der Waals surface area contributed by atoms with Gasteiger partial charge in [0.25, 0.3) is 10.0 Å². The molecule has 0 bridgehead atoms. The van der Waals surface area contributed by atoms with Crippen molar-refractivity contribution in [2.45, 2.75) is 63.1 Å². The lowest BCUT2D eigenvalue weighted by molar-refractivity contribution is -0.138. The second-order valence-corrected chi connectivity index (χ2v) is 12.0. The Morgan fingerprint density at radius 3 is 2.49 bits per heavy atom. The third kappa shape index (κ3) is 6.29. The molecule has 0 amide bonds.